The fraction of sp³-hybridized carbons (Fsp3) is 0.0476. The summed E-state index contributed by atoms with van der Waals surface area (Å²) in [6.45, 7) is -0.133. The van der Waals surface area contributed by atoms with Gasteiger partial charge in [0.05, 0.1) is 11.2 Å². The van der Waals surface area contributed by atoms with Crippen molar-refractivity contribution < 1.29 is 23.7 Å². The highest BCUT2D eigenvalue weighted by Gasteiger charge is 2.17. The standard InChI is InChI=1S/C21H15BrN2O6/c22-16-8-6-15(7-9-16)20(25)23-19(21(26)30-13-18-5-2-10-29-18)12-14-3-1-4-17(11-14)24(27)28/h1-12H,13H2,(H,23,25)/b19-12-. The highest BCUT2D eigenvalue weighted by Crippen LogP contribution is 2.17. The van der Waals surface area contributed by atoms with Gasteiger partial charge < -0.3 is 14.5 Å². The Morgan fingerprint density at radius 3 is 2.57 bits per heavy atom. The molecule has 3 rings (SSSR count). The molecular formula is C21H15BrN2O6. The van der Waals surface area contributed by atoms with E-state index < -0.39 is 16.8 Å². The fourth-order valence-corrected chi connectivity index (χ4v) is 2.71. The Labute approximate surface area is 179 Å². The van der Waals surface area contributed by atoms with Crippen molar-refractivity contribution in [3.8, 4) is 0 Å². The number of esters is 1. The van der Waals surface area contributed by atoms with E-state index in [1.165, 1.54) is 30.5 Å². The molecule has 0 bridgehead atoms. The van der Waals surface area contributed by atoms with Gasteiger partial charge in [-0.05, 0) is 48.0 Å². The van der Waals surface area contributed by atoms with E-state index in [1.807, 2.05) is 0 Å². The van der Waals surface area contributed by atoms with Gasteiger partial charge in [0, 0.05) is 22.2 Å². The van der Waals surface area contributed by atoms with E-state index in [0.29, 0.717) is 16.9 Å². The van der Waals surface area contributed by atoms with E-state index in [-0.39, 0.29) is 18.0 Å². The van der Waals surface area contributed by atoms with Crippen LogP contribution in [0.4, 0.5) is 5.69 Å². The molecule has 0 saturated heterocycles. The molecule has 0 fully saturated rings. The summed E-state index contributed by atoms with van der Waals surface area (Å²) in [6, 6.07) is 15.5. The summed E-state index contributed by atoms with van der Waals surface area (Å²) in [5.41, 5.74) is 0.355. The van der Waals surface area contributed by atoms with Crippen LogP contribution in [0, 0.1) is 10.1 Å². The number of nitrogens with zero attached hydrogens (tertiary/aromatic N) is 1. The second-order valence-electron chi connectivity index (χ2n) is 6.03. The van der Waals surface area contributed by atoms with Gasteiger partial charge in [0.2, 0.25) is 0 Å². The molecule has 3 aromatic rings. The maximum absolute atomic E-state index is 12.6. The Morgan fingerprint density at radius 1 is 1.13 bits per heavy atom. The number of hydrogen-bond acceptors (Lipinski definition) is 6. The topological polar surface area (TPSA) is 112 Å². The fourth-order valence-electron chi connectivity index (χ4n) is 2.45. The third-order valence-corrected chi connectivity index (χ3v) is 4.42. The number of carbonyl (C=O) groups excluding carboxylic acids is 2. The molecule has 9 heteroatoms. The summed E-state index contributed by atoms with van der Waals surface area (Å²) >= 11 is 3.29. The second-order valence-corrected chi connectivity index (χ2v) is 6.94. The van der Waals surface area contributed by atoms with Gasteiger partial charge in [0.1, 0.15) is 18.1 Å². The van der Waals surface area contributed by atoms with Crippen LogP contribution in [0.2, 0.25) is 0 Å². The van der Waals surface area contributed by atoms with Crippen LogP contribution in [0.25, 0.3) is 6.08 Å². The molecule has 0 atom stereocenters. The molecule has 0 spiro atoms. The van der Waals surface area contributed by atoms with Gasteiger partial charge >= 0.3 is 5.97 Å². The molecule has 1 heterocycles. The zero-order chi connectivity index (χ0) is 21.5. The van der Waals surface area contributed by atoms with Gasteiger partial charge in [-0.15, -0.1) is 0 Å². The lowest BCUT2D eigenvalue weighted by Crippen LogP contribution is -2.28. The first-order chi connectivity index (χ1) is 14.4. The highest BCUT2D eigenvalue weighted by atomic mass is 79.9. The van der Waals surface area contributed by atoms with Crippen LogP contribution in [-0.2, 0) is 16.1 Å². The Morgan fingerprint density at radius 2 is 1.90 bits per heavy atom. The largest absolute Gasteiger partial charge is 0.466 e. The molecule has 2 aromatic carbocycles. The molecule has 1 aromatic heterocycles. The van der Waals surface area contributed by atoms with Crippen LogP contribution in [-0.4, -0.2) is 16.8 Å². The molecule has 0 aliphatic heterocycles. The quantitative estimate of drug-likeness (QED) is 0.236. The maximum atomic E-state index is 12.6. The maximum Gasteiger partial charge on any atom is 0.355 e. The van der Waals surface area contributed by atoms with Gasteiger partial charge in [-0.3, -0.25) is 14.9 Å². The normalized spacial score (nSPS) is 11.0. The number of nitro groups is 1. The second kappa shape index (κ2) is 9.66. The van der Waals surface area contributed by atoms with Crippen LogP contribution in [0.1, 0.15) is 21.7 Å². The molecule has 8 nitrogen and oxygen atoms in total. The van der Waals surface area contributed by atoms with E-state index in [1.54, 1.807) is 42.5 Å². The monoisotopic (exact) mass is 470 g/mol. The smallest absolute Gasteiger partial charge is 0.355 e. The van der Waals surface area contributed by atoms with Crippen molar-refractivity contribution in [2.45, 2.75) is 6.61 Å². The van der Waals surface area contributed by atoms with Crippen molar-refractivity contribution in [3.05, 3.63) is 104 Å². The first kappa shape index (κ1) is 21.0. The SMILES string of the molecule is O=C(OCc1ccco1)/C(=C/c1cccc([N+](=O)[O-])c1)NC(=O)c1ccc(Br)cc1. The molecule has 0 unspecified atom stereocenters. The lowest BCUT2D eigenvalue weighted by molar-refractivity contribution is -0.384. The number of nitro benzene ring substituents is 1. The number of carbonyl (C=O) groups is 2. The van der Waals surface area contributed by atoms with E-state index in [9.17, 15) is 19.7 Å². The van der Waals surface area contributed by atoms with Gasteiger partial charge in [-0.25, -0.2) is 4.79 Å². The third kappa shape index (κ3) is 5.65. The zero-order valence-corrected chi connectivity index (χ0v) is 17.0. The number of non-ortho nitro benzene ring substituents is 1. The zero-order valence-electron chi connectivity index (χ0n) is 15.4. The molecule has 1 N–H and O–H groups in total. The van der Waals surface area contributed by atoms with E-state index >= 15 is 0 Å². The predicted octanol–water partition coefficient (Wildman–Crippen LogP) is 4.46. The average molecular weight is 471 g/mol. The first-order valence-electron chi connectivity index (χ1n) is 8.65. The molecule has 0 saturated carbocycles. The van der Waals surface area contributed by atoms with Gasteiger partial charge in [0.25, 0.3) is 11.6 Å². The molecule has 152 valence electrons. The van der Waals surface area contributed by atoms with E-state index in [2.05, 4.69) is 21.2 Å². The Bertz CT molecular complexity index is 1090. The number of rotatable bonds is 7. The summed E-state index contributed by atoms with van der Waals surface area (Å²) in [5, 5.41) is 13.5. The number of nitrogens with one attached hydrogen (secondary N) is 1. The Kier molecular flexibility index (Phi) is 6.76. The molecule has 1 amide bonds. The lowest BCUT2D eigenvalue weighted by Gasteiger charge is -2.10. The van der Waals surface area contributed by atoms with Crippen LogP contribution in [0.5, 0.6) is 0 Å². The van der Waals surface area contributed by atoms with Crippen molar-refractivity contribution in [1.29, 1.82) is 0 Å². The van der Waals surface area contributed by atoms with Crippen LogP contribution in [0.15, 0.2) is 81.5 Å². The summed E-state index contributed by atoms with van der Waals surface area (Å²) in [7, 11) is 0. The first-order valence-corrected chi connectivity index (χ1v) is 9.44. The van der Waals surface area contributed by atoms with Crippen LogP contribution in [0.3, 0.4) is 0 Å². The minimum Gasteiger partial charge on any atom is -0.466 e. The summed E-state index contributed by atoms with van der Waals surface area (Å²) in [6.07, 6.45) is 2.76. The summed E-state index contributed by atoms with van der Waals surface area (Å²) in [4.78, 5) is 35.6. The highest BCUT2D eigenvalue weighted by molar-refractivity contribution is 9.10. The van der Waals surface area contributed by atoms with Crippen LogP contribution >= 0.6 is 15.9 Å². The lowest BCUT2D eigenvalue weighted by atomic mass is 10.1. The third-order valence-electron chi connectivity index (χ3n) is 3.89. The summed E-state index contributed by atoms with van der Waals surface area (Å²) in [5.74, 6) is -0.921. The number of hydrogen-bond donors (Lipinski definition) is 1. The molecular weight excluding hydrogens is 456 g/mol. The summed E-state index contributed by atoms with van der Waals surface area (Å²) < 4.78 is 11.1. The van der Waals surface area contributed by atoms with Gasteiger partial charge in [-0.1, -0.05) is 28.1 Å². The van der Waals surface area contributed by atoms with E-state index in [4.69, 9.17) is 9.15 Å². The molecule has 0 aliphatic carbocycles. The molecule has 0 aliphatic rings. The minimum atomic E-state index is -0.816. The number of amides is 1. The number of halogens is 1. The number of benzene rings is 2. The van der Waals surface area contributed by atoms with E-state index in [0.717, 1.165) is 4.47 Å². The van der Waals surface area contributed by atoms with Gasteiger partial charge in [-0.2, -0.15) is 0 Å². The van der Waals surface area contributed by atoms with Gasteiger partial charge in [0.15, 0.2) is 0 Å². The predicted molar refractivity (Wildman–Crippen MR) is 111 cm³/mol. The van der Waals surface area contributed by atoms with Crippen molar-refractivity contribution >= 4 is 39.6 Å². The van der Waals surface area contributed by atoms with Crippen molar-refractivity contribution in [1.82, 2.24) is 5.32 Å². The Balaban J connectivity index is 1.86. The van der Waals surface area contributed by atoms with Crippen molar-refractivity contribution in [2.24, 2.45) is 0 Å². The molecule has 30 heavy (non-hydrogen) atoms. The Hall–Kier alpha value is -3.72. The van der Waals surface area contributed by atoms with Crippen molar-refractivity contribution in [2.75, 3.05) is 0 Å². The van der Waals surface area contributed by atoms with Crippen LogP contribution < -0.4 is 5.32 Å². The van der Waals surface area contributed by atoms with Crippen molar-refractivity contribution in [3.63, 3.8) is 0 Å². The minimum absolute atomic E-state index is 0.133. The number of furan rings is 1. The molecule has 0 radical (unpaired) electrons. The average Bonchev–Trinajstić information content (AvgIpc) is 3.26. The number of ether oxygens (including phenoxy) is 1.